The number of rotatable bonds is 6. The lowest BCUT2D eigenvalue weighted by Crippen LogP contribution is -2.40. The average molecular weight is 276 g/mol. The zero-order valence-corrected chi connectivity index (χ0v) is 12.5. The van der Waals surface area contributed by atoms with Crippen LogP contribution in [0.2, 0.25) is 0 Å². The minimum absolute atomic E-state index is 0.223. The van der Waals surface area contributed by atoms with Crippen molar-refractivity contribution in [2.75, 3.05) is 40.8 Å². The van der Waals surface area contributed by atoms with Gasteiger partial charge < -0.3 is 20.3 Å². The summed E-state index contributed by atoms with van der Waals surface area (Å²) in [5, 5.41) is 0. The Morgan fingerprint density at radius 1 is 1.40 bits per heavy atom. The minimum atomic E-state index is 0.223. The summed E-state index contributed by atoms with van der Waals surface area (Å²) in [5.41, 5.74) is 8.51. The third-order valence-corrected chi connectivity index (χ3v) is 3.60. The summed E-state index contributed by atoms with van der Waals surface area (Å²) < 4.78 is 5.29. The third kappa shape index (κ3) is 3.29. The summed E-state index contributed by atoms with van der Waals surface area (Å²) in [5.74, 6) is 0.643. The molecule has 0 aliphatic carbocycles. The van der Waals surface area contributed by atoms with Gasteiger partial charge in [0.05, 0.1) is 19.2 Å². The number of hydrogen-bond acceptors (Lipinski definition) is 5. The highest BCUT2D eigenvalue weighted by molar-refractivity contribution is 5.80. The number of guanidine groups is 1. The molecule has 0 saturated carbocycles. The van der Waals surface area contributed by atoms with Crippen LogP contribution < -0.4 is 5.73 Å². The Morgan fingerprint density at radius 2 is 2.15 bits per heavy atom. The van der Waals surface area contributed by atoms with E-state index in [2.05, 4.69) is 47.1 Å². The van der Waals surface area contributed by atoms with Crippen LogP contribution in [0.25, 0.3) is 0 Å². The summed E-state index contributed by atoms with van der Waals surface area (Å²) in [6, 6.07) is 8.59. The molecule has 110 valence electrons. The molecule has 20 heavy (non-hydrogen) atoms. The zero-order valence-electron chi connectivity index (χ0n) is 12.5. The first kappa shape index (κ1) is 14.8. The van der Waals surface area contributed by atoms with Crippen molar-refractivity contribution in [1.82, 2.24) is 9.80 Å². The van der Waals surface area contributed by atoms with Gasteiger partial charge in [0, 0.05) is 20.2 Å². The number of likely N-dealkylation sites (N-methyl/N-ethyl adjacent to an activating group) is 1. The Morgan fingerprint density at radius 3 is 2.85 bits per heavy atom. The van der Waals surface area contributed by atoms with E-state index in [9.17, 15) is 0 Å². The molecule has 5 nitrogen and oxygen atoms in total. The maximum atomic E-state index is 6.04. The van der Waals surface area contributed by atoms with E-state index in [-0.39, 0.29) is 6.04 Å². The molecule has 0 amide bonds. The molecule has 0 saturated heterocycles. The molecule has 1 aromatic carbocycles. The first-order valence-corrected chi connectivity index (χ1v) is 6.91. The molecule has 5 heteroatoms. The van der Waals surface area contributed by atoms with Gasteiger partial charge in [-0.25, -0.2) is 0 Å². The SMILES string of the molecule is COCc1ccccc1C1CN=C(N)N1CCN(C)C. The van der Waals surface area contributed by atoms with E-state index in [0.717, 1.165) is 19.6 Å². The van der Waals surface area contributed by atoms with Crippen LogP contribution >= 0.6 is 0 Å². The van der Waals surface area contributed by atoms with E-state index in [1.165, 1.54) is 11.1 Å². The lowest BCUT2D eigenvalue weighted by atomic mass is 10.00. The lowest BCUT2D eigenvalue weighted by molar-refractivity contribution is 0.182. The van der Waals surface area contributed by atoms with Crippen LogP contribution in [0.5, 0.6) is 0 Å². The van der Waals surface area contributed by atoms with Crippen molar-refractivity contribution in [2.24, 2.45) is 10.7 Å². The first-order chi connectivity index (χ1) is 9.63. The van der Waals surface area contributed by atoms with Crippen LogP contribution in [0.1, 0.15) is 17.2 Å². The summed E-state index contributed by atoms with van der Waals surface area (Å²) in [7, 11) is 5.86. The molecule has 2 rings (SSSR count). The van der Waals surface area contributed by atoms with E-state index < -0.39 is 0 Å². The van der Waals surface area contributed by atoms with E-state index in [0.29, 0.717) is 12.6 Å². The molecule has 0 spiro atoms. The second-order valence-electron chi connectivity index (χ2n) is 5.34. The number of aliphatic imine (C=N–C) groups is 1. The smallest absolute Gasteiger partial charge is 0.191 e. The Labute approximate surface area is 121 Å². The van der Waals surface area contributed by atoms with Gasteiger partial charge in [0.2, 0.25) is 0 Å². The predicted octanol–water partition coefficient (Wildman–Crippen LogP) is 1.07. The fraction of sp³-hybridized carbons (Fsp3) is 0.533. The quantitative estimate of drug-likeness (QED) is 0.844. The monoisotopic (exact) mass is 276 g/mol. The summed E-state index contributed by atoms with van der Waals surface area (Å²) in [6.45, 7) is 3.18. The van der Waals surface area contributed by atoms with Crippen LogP contribution in [0.3, 0.4) is 0 Å². The van der Waals surface area contributed by atoms with E-state index in [1.54, 1.807) is 7.11 Å². The summed E-state index contributed by atoms with van der Waals surface area (Å²) >= 11 is 0. The van der Waals surface area contributed by atoms with Crippen LogP contribution in [-0.4, -0.2) is 56.6 Å². The number of ether oxygens (including phenoxy) is 1. The molecule has 1 unspecified atom stereocenters. The summed E-state index contributed by atoms with van der Waals surface area (Å²) in [4.78, 5) is 8.76. The Hall–Kier alpha value is -1.59. The van der Waals surface area contributed by atoms with Crippen molar-refractivity contribution in [1.29, 1.82) is 0 Å². The normalized spacial score (nSPS) is 18.7. The van der Waals surface area contributed by atoms with Crippen molar-refractivity contribution < 1.29 is 4.74 Å². The second-order valence-corrected chi connectivity index (χ2v) is 5.34. The maximum absolute atomic E-state index is 6.04. The minimum Gasteiger partial charge on any atom is -0.380 e. The van der Waals surface area contributed by atoms with Crippen molar-refractivity contribution in [3.8, 4) is 0 Å². The first-order valence-electron chi connectivity index (χ1n) is 6.91. The number of benzene rings is 1. The van der Waals surface area contributed by atoms with Crippen molar-refractivity contribution in [2.45, 2.75) is 12.6 Å². The van der Waals surface area contributed by atoms with Gasteiger partial charge in [-0.3, -0.25) is 4.99 Å². The van der Waals surface area contributed by atoms with Gasteiger partial charge in [-0.1, -0.05) is 24.3 Å². The fourth-order valence-electron chi connectivity index (χ4n) is 2.52. The highest BCUT2D eigenvalue weighted by atomic mass is 16.5. The Kier molecular flexibility index (Phi) is 4.98. The van der Waals surface area contributed by atoms with Crippen molar-refractivity contribution in [3.05, 3.63) is 35.4 Å². The molecular weight excluding hydrogens is 252 g/mol. The van der Waals surface area contributed by atoms with Crippen molar-refractivity contribution in [3.63, 3.8) is 0 Å². The standard InChI is InChI=1S/C15H24N4O/c1-18(2)8-9-19-14(10-17-15(19)16)13-7-5-4-6-12(13)11-20-3/h4-7,14H,8-11H2,1-3H3,(H2,16,17). The molecule has 0 bridgehead atoms. The average Bonchev–Trinajstić information content (AvgIpc) is 2.78. The molecule has 2 N–H and O–H groups in total. The molecule has 1 heterocycles. The third-order valence-electron chi connectivity index (χ3n) is 3.60. The number of methoxy groups -OCH3 is 1. The van der Waals surface area contributed by atoms with E-state index in [4.69, 9.17) is 10.5 Å². The van der Waals surface area contributed by atoms with Crippen LogP contribution in [-0.2, 0) is 11.3 Å². The lowest BCUT2D eigenvalue weighted by Gasteiger charge is -2.29. The van der Waals surface area contributed by atoms with Crippen LogP contribution in [0.15, 0.2) is 29.3 Å². The maximum Gasteiger partial charge on any atom is 0.191 e. The van der Waals surface area contributed by atoms with Gasteiger partial charge in [-0.15, -0.1) is 0 Å². The van der Waals surface area contributed by atoms with Crippen molar-refractivity contribution >= 4 is 5.96 Å². The topological polar surface area (TPSA) is 54.1 Å². The summed E-state index contributed by atoms with van der Waals surface area (Å²) in [6.07, 6.45) is 0. The zero-order chi connectivity index (χ0) is 14.5. The second kappa shape index (κ2) is 6.72. The van der Waals surface area contributed by atoms with E-state index >= 15 is 0 Å². The van der Waals surface area contributed by atoms with Gasteiger partial charge in [0.1, 0.15) is 0 Å². The molecule has 0 radical (unpaired) electrons. The largest absolute Gasteiger partial charge is 0.380 e. The van der Waals surface area contributed by atoms with Gasteiger partial charge in [-0.2, -0.15) is 0 Å². The number of hydrogen-bond donors (Lipinski definition) is 1. The number of nitrogens with zero attached hydrogens (tertiary/aromatic N) is 3. The van der Waals surface area contributed by atoms with Crippen LogP contribution in [0, 0.1) is 0 Å². The molecular formula is C15H24N4O. The number of nitrogens with two attached hydrogens (primary N) is 1. The van der Waals surface area contributed by atoms with Crippen LogP contribution in [0.4, 0.5) is 0 Å². The fourth-order valence-corrected chi connectivity index (χ4v) is 2.52. The highest BCUT2D eigenvalue weighted by Gasteiger charge is 2.28. The molecule has 0 aromatic heterocycles. The molecule has 0 fully saturated rings. The van der Waals surface area contributed by atoms with Gasteiger partial charge in [0.25, 0.3) is 0 Å². The van der Waals surface area contributed by atoms with Gasteiger partial charge >= 0.3 is 0 Å². The van der Waals surface area contributed by atoms with Gasteiger partial charge in [0.15, 0.2) is 5.96 Å². The van der Waals surface area contributed by atoms with Gasteiger partial charge in [-0.05, 0) is 25.2 Å². The predicted molar refractivity (Wildman–Crippen MR) is 81.6 cm³/mol. The van der Waals surface area contributed by atoms with E-state index in [1.807, 2.05) is 6.07 Å². The molecule has 1 aliphatic heterocycles. The Bertz CT molecular complexity index is 473. The Balaban J connectivity index is 2.18. The highest BCUT2D eigenvalue weighted by Crippen LogP contribution is 2.28. The molecule has 1 aromatic rings. The molecule has 1 aliphatic rings. The molecule has 1 atom stereocenters.